The van der Waals surface area contributed by atoms with Gasteiger partial charge >= 0.3 is 23.9 Å². The van der Waals surface area contributed by atoms with Crippen LogP contribution in [-0.4, -0.2) is 67.3 Å². The fraction of sp³-hybridized carbons (Fsp3) is 0.810. The molecule has 0 aromatic carbocycles. The summed E-state index contributed by atoms with van der Waals surface area (Å²) >= 11 is 0. The average Bonchev–Trinajstić information content (AvgIpc) is 2.56. The van der Waals surface area contributed by atoms with Crippen LogP contribution in [0.5, 0.6) is 0 Å². The minimum atomic E-state index is -2.43. The summed E-state index contributed by atoms with van der Waals surface area (Å²) in [5.41, 5.74) is -8.16. The van der Waals surface area contributed by atoms with Gasteiger partial charge in [0.05, 0.1) is 22.7 Å². The Morgan fingerprint density at radius 3 is 1.70 bits per heavy atom. The number of hydrogen-bond donors (Lipinski definition) is 4. The molecule has 1 fully saturated rings. The standard InChI is InChI=1S/C21H35NO8/c1-17(2)10-9-12(19(5,6)22(17)8)21(16(29)30,11-13(23)24)20(7,15(27)28)18(3,4)14(25)26/h12H,9-11H2,1-8H3,(H,23,24)(H,25,26)(H,27,28)(H,29,30). The maximum atomic E-state index is 12.9. The highest BCUT2D eigenvalue weighted by Gasteiger charge is 2.73. The zero-order valence-electron chi connectivity index (χ0n) is 19.1. The number of aliphatic carboxylic acids is 4. The number of rotatable bonds is 8. The van der Waals surface area contributed by atoms with Crippen molar-refractivity contribution >= 4 is 23.9 Å². The Hall–Kier alpha value is -2.16. The van der Waals surface area contributed by atoms with E-state index in [1.54, 1.807) is 20.9 Å². The molecule has 3 unspecified atom stereocenters. The molecule has 9 nitrogen and oxygen atoms in total. The fourth-order valence-corrected chi connectivity index (χ4v) is 5.44. The number of carboxylic acid groups (broad SMARTS) is 4. The van der Waals surface area contributed by atoms with Gasteiger partial charge in [-0.1, -0.05) is 0 Å². The van der Waals surface area contributed by atoms with E-state index in [4.69, 9.17) is 0 Å². The minimum absolute atomic E-state index is 0.239. The van der Waals surface area contributed by atoms with Crippen LogP contribution in [0.3, 0.4) is 0 Å². The predicted molar refractivity (Wildman–Crippen MR) is 108 cm³/mol. The monoisotopic (exact) mass is 429 g/mol. The molecule has 0 radical (unpaired) electrons. The van der Waals surface area contributed by atoms with Crippen molar-refractivity contribution in [1.29, 1.82) is 0 Å². The molecule has 1 aliphatic heterocycles. The lowest BCUT2D eigenvalue weighted by Gasteiger charge is -2.62. The van der Waals surface area contributed by atoms with Crippen LogP contribution in [0.25, 0.3) is 0 Å². The Morgan fingerprint density at radius 2 is 1.37 bits per heavy atom. The topological polar surface area (TPSA) is 152 Å². The van der Waals surface area contributed by atoms with Gasteiger partial charge in [-0.05, 0) is 74.3 Å². The van der Waals surface area contributed by atoms with Gasteiger partial charge in [-0.3, -0.25) is 24.1 Å². The summed E-state index contributed by atoms with van der Waals surface area (Å²) in [6.45, 7) is 10.8. The first kappa shape index (κ1) is 25.9. The smallest absolute Gasteiger partial charge is 0.311 e. The highest BCUT2D eigenvalue weighted by molar-refractivity contribution is 5.94. The first-order chi connectivity index (χ1) is 13.2. The molecule has 0 amide bonds. The van der Waals surface area contributed by atoms with E-state index in [-0.39, 0.29) is 12.0 Å². The molecule has 1 heterocycles. The lowest BCUT2D eigenvalue weighted by Crippen LogP contribution is -2.71. The molecule has 0 aromatic rings. The zero-order chi connectivity index (χ0) is 24.1. The van der Waals surface area contributed by atoms with E-state index in [9.17, 15) is 39.6 Å². The van der Waals surface area contributed by atoms with E-state index in [2.05, 4.69) is 0 Å². The third-order valence-corrected chi connectivity index (χ3v) is 8.18. The summed E-state index contributed by atoms with van der Waals surface area (Å²) in [7, 11) is 1.79. The van der Waals surface area contributed by atoms with Gasteiger partial charge in [-0.2, -0.15) is 0 Å². The zero-order valence-corrected chi connectivity index (χ0v) is 19.1. The van der Waals surface area contributed by atoms with Crippen LogP contribution in [0.2, 0.25) is 0 Å². The Balaban J connectivity index is 4.08. The van der Waals surface area contributed by atoms with Gasteiger partial charge in [0.1, 0.15) is 0 Å². The predicted octanol–water partition coefficient (Wildman–Crippen LogP) is 2.63. The first-order valence-electron chi connectivity index (χ1n) is 9.90. The van der Waals surface area contributed by atoms with Crippen LogP contribution < -0.4 is 0 Å². The number of likely N-dealkylation sites (tertiary alicyclic amines) is 1. The van der Waals surface area contributed by atoms with Crippen molar-refractivity contribution in [3.8, 4) is 0 Å². The fourth-order valence-electron chi connectivity index (χ4n) is 5.44. The highest BCUT2D eigenvalue weighted by Crippen LogP contribution is 2.63. The normalized spacial score (nSPS) is 25.5. The molecule has 0 spiro atoms. The second-order valence-electron chi connectivity index (χ2n) is 10.3. The molecule has 1 saturated heterocycles. The van der Waals surface area contributed by atoms with E-state index < -0.39 is 58.0 Å². The van der Waals surface area contributed by atoms with Crippen LogP contribution in [-0.2, 0) is 19.2 Å². The Morgan fingerprint density at radius 1 is 0.900 bits per heavy atom. The summed E-state index contributed by atoms with van der Waals surface area (Å²) in [5.74, 6) is -7.21. The molecule has 4 N–H and O–H groups in total. The molecular formula is C21H35NO8. The maximum Gasteiger partial charge on any atom is 0.311 e. The van der Waals surface area contributed by atoms with Crippen molar-refractivity contribution in [1.82, 2.24) is 4.90 Å². The number of nitrogens with zero attached hydrogens (tertiary/aromatic N) is 1. The van der Waals surface area contributed by atoms with Gasteiger partial charge < -0.3 is 20.4 Å². The molecule has 3 atom stereocenters. The van der Waals surface area contributed by atoms with Crippen molar-refractivity contribution in [2.75, 3.05) is 7.05 Å². The summed E-state index contributed by atoms with van der Waals surface area (Å²) in [6.07, 6.45) is -0.276. The summed E-state index contributed by atoms with van der Waals surface area (Å²) in [4.78, 5) is 51.5. The lowest BCUT2D eigenvalue weighted by atomic mass is 9.43. The SMILES string of the molecule is CN1C(C)(C)CCC(C(CC(=O)O)(C(=O)O)C(C)(C(=O)O)C(C)(C)C(=O)O)C1(C)C. The van der Waals surface area contributed by atoms with Crippen LogP contribution >= 0.6 is 0 Å². The van der Waals surface area contributed by atoms with Gasteiger partial charge in [0.15, 0.2) is 0 Å². The van der Waals surface area contributed by atoms with Gasteiger partial charge in [0.25, 0.3) is 0 Å². The van der Waals surface area contributed by atoms with Crippen molar-refractivity contribution < 1.29 is 39.6 Å². The number of carboxylic acids is 4. The first-order valence-corrected chi connectivity index (χ1v) is 9.90. The van der Waals surface area contributed by atoms with E-state index >= 15 is 0 Å². The van der Waals surface area contributed by atoms with E-state index in [1.165, 1.54) is 0 Å². The molecule has 1 rings (SSSR count). The number of carbonyl (C=O) groups is 4. The third kappa shape index (κ3) is 3.36. The van der Waals surface area contributed by atoms with E-state index in [1.807, 2.05) is 18.7 Å². The van der Waals surface area contributed by atoms with Crippen LogP contribution in [0.1, 0.15) is 67.7 Å². The van der Waals surface area contributed by atoms with Crippen molar-refractivity contribution in [3.05, 3.63) is 0 Å². The molecule has 9 heteroatoms. The summed E-state index contributed by atoms with van der Waals surface area (Å²) in [6, 6.07) is 0. The van der Waals surface area contributed by atoms with Crippen LogP contribution in [0.4, 0.5) is 0 Å². The molecule has 0 saturated carbocycles. The largest absolute Gasteiger partial charge is 0.481 e. The molecule has 0 aromatic heterocycles. The summed E-state index contributed by atoms with van der Waals surface area (Å²) in [5, 5.41) is 40.3. The molecule has 0 bridgehead atoms. The molecular weight excluding hydrogens is 394 g/mol. The number of piperidine rings is 1. The molecule has 172 valence electrons. The molecule has 1 aliphatic rings. The van der Waals surface area contributed by atoms with Gasteiger partial charge in [-0.25, -0.2) is 0 Å². The van der Waals surface area contributed by atoms with E-state index in [0.717, 1.165) is 20.8 Å². The van der Waals surface area contributed by atoms with Crippen LogP contribution in [0, 0.1) is 22.2 Å². The lowest BCUT2D eigenvalue weighted by molar-refractivity contribution is -0.216. The Kier molecular flexibility index (Phi) is 6.48. The number of hydrogen-bond acceptors (Lipinski definition) is 5. The second-order valence-corrected chi connectivity index (χ2v) is 10.3. The average molecular weight is 430 g/mol. The maximum absolute atomic E-state index is 12.9. The Bertz CT molecular complexity index is 756. The van der Waals surface area contributed by atoms with Gasteiger partial charge in [-0.15, -0.1) is 0 Å². The Labute approximate surface area is 177 Å². The van der Waals surface area contributed by atoms with Crippen molar-refractivity contribution in [3.63, 3.8) is 0 Å². The second kappa shape index (κ2) is 7.51. The quantitative estimate of drug-likeness (QED) is 0.456. The minimum Gasteiger partial charge on any atom is -0.481 e. The highest BCUT2D eigenvalue weighted by atomic mass is 16.4. The van der Waals surface area contributed by atoms with Gasteiger partial charge in [0.2, 0.25) is 0 Å². The third-order valence-electron chi connectivity index (χ3n) is 8.18. The van der Waals surface area contributed by atoms with Crippen molar-refractivity contribution in [2.45, 2.75) is 78.8 Å². The summed E-state index contributed by atoms with van der Waals surface area (Å²) < 4.78 is 0. The van der Waals surface area contributed by atoms with E-state index in [0.29, 0.717) is 6.42 Å². The molecule has 30 heavy (non-hydrogen) atoms. The van der Waals surface area contributed by atoms with Crippen LogP contribution in [0.15, 0.2) is 0 Å². The van der Waals surface area contributed by atoms with Gasteiger partial charge in [0, 0.05) is 11.1 Å². The van der Waals surface area contributed by atoms with Crippen molar-refractivity contribution in [2.24, 2.45) is 22.2 Å². The molecule has 0 aliphatic carbocycles.